The SMILES string of the molecule is CCCn1cncc1CN1CC(O)C1. The zero-order valence-electron chi connectivity index (χ0n) is 8.56. The summed E-state index contributed by atoms with van der Waals surface area (Å²) < 4.78 is 2.19. The van der Waals surface area contributed by atoms with Gasteiger partial charge in [-0.25, -0.2) is 4.98 Å². The van der Waals surface area contributed by atoms with E-state index in [0.29, 0.717) is 0 Å². The Labute approximate surface area is 84.2 Å². The van der Waals surface area contributed by atoms with E-state index in [2.05, 4.69) is 21.4 Å². The van der Waals surface area contributed by atoms with Crippen LogP contribution in [-0.4, -0.2) is 38.8 Å². The van der Waals surface area contributed by atoms with Crippen LogP contribution in [0.1, 0.15) is 19.0 Å². The van der Waals surface area contributed by atoms with Gasteiger partial charge >= 0.3 is 0 Å². The molecule has 4 heteroatoms. The van der Waals surface area contributed by atoms with Gasteiger partial charge in [0.25, 0.3) is 0 Å². The average molecular weight is 195 g/mol. The third-order valence-corrected chi connectivity index (χ3v) is 2.59. The van der Waals surface area contributed by atoms with E-state index in [1.165, 1.54) is 5.69 Å². The third kappa shape index (κ3) is 1.96. The Bertz CT molecular complexity index is 291. The van der Waals surface area contributed by atoms with Crippen molar-refractivity contribution in [3.8, 4) is 0 Å². The Hall–Kier alpha value is -0.870. The van der Waals surface area contributed by atoms with E-state index in [4.69, 9.17) is 5.11 Å². The molecule has 1 aliphatic heterocycles. The second kappa shape index (κ2) is 4.11. The van der Waals surface area contributed by atoms with Crippen LogP contribution in [0.3, 0.4) is 0 Å². The monoisotopic (exact) mass is 195 g/mol. The first kappa shape index (κ1) is 9.68. The summed E-state index contributed by atoms with van der Waals surface area (Å²) in [6.07, 6.45) is 4.82. The number of likely N-dealkylation sites (tertiary alicyclic amines) is 1. The highest BCUT2D eigenvalue weighted by Crippen LogP contribution is 2.12. The number of aliphatic hydroxyl groups is 1. The molecule has 1 aliphatic rings. The molecule has 78 valence electrons. The van der Waals surface area contributed by atoms with Gasteiger partial charge in [-0.3, -0.25) is 4.90 Å². The lowest BCUT2D eigenvalue weighted by Gasteiger charge is -2.35. The lowest BCUT2D eigenvalue weighted by Crippen LogP contribution is -2.50. The van der Waals surface area contributed by atoms with E-state index >= 15 is 0 Å². The van der Waals surface area contributed by atoms with E-state index in [-0.39, 0.29) is 6.10 Å². The summed E-state index contributed by atoms with van der Waals surface area (Å²) in [4.78, 5) is 6.38. The second-order valence-corrected chi connectivity index (χ2v) is 3.93. The number of hydrogen-bond donors (Lipinski definition) is 1. The molecule has 0 bridgehead atoms. The van der Waals surface area contributed by atoms with E-state index in [0.717, 1.165) is 32.6 Å². The molecule has 0 unspecified atom stereocenters. The maximum absolute atomic E-state index is 9.16. The molecular weight excluding hydrogens is 178 g/mol. The molecule has 1 saturated heterocycles. The van der Waals surface area contributed by atoms with Gasteiger partial charge in [0.1, 0.15) is 0 Å². The standard InChI is InChI=1S/C10H17N3O/c1-2-3-13-8-11-4-9(13)5-12-6-10(14)7-12/h4,8,10,14H,2-3,5-7H2,1H3. The molecule has 4 nitrogen and oxygen atoms in total. The van der Waals surface area contributed by atoms with Crippen molar-refractivity contribution in [3.63, 3.8) is 0 Å². The minimum absolute atomic E-state index is 0.113. The highest BCUT2D eigenvalue weighted by molar-refractivity contribution is 5.00. The fourth-order valence-electron chi connectivity index (χ4n) is 1.82. The minimum Gasteiger partial charge on any atom is -0.390 e. The zero-order chi connectivity index (χ0) is 9.97. The molecule has 2 heterocycles. The van der Waals surface area contributed by atoms with Crippen molar-refractivity contribution >= 4 is 0 Å². The molecule has 1 fully saturated rings. The van der Waals surface area contributed by atoms with Crippen LogP contribution < -0.4 is 0 Å². The van der Waals surface area contributed by atoms with Crippen LogP contribution in [0.4, 0.5) is 0 Å². The van der Waals surface area contributed by atoms with Gasteiger partial charge in [-0.15, -0.1) is 0 Å². The Kier molecular flexibility index (Phi) is 2.84. The summed E-state index contributed by atoms with van der Waals surface area (Å²) in [5, 5.41) is 9.16. The molecule has 0 radical (unpaired) electrons. The quantitative estimate of drug-likeness (QED) is 0.759. The number of aryl methyl sites for hydroxylation is 1. The average Bonchev–Trinajstić information content (AvgIpc) is 2.51. The van der Waals surface area contributed by atoms with Gasteiger partial charge in [0.15, 0.2) is 0 Å². The second-order valence-electron chi connectivity index (χ2n) is 3.93. The van der Waals surface area contributed by atoms with Crippen molar-refractivity contribution in [2.75, 3.05) is 13.1 Å². The summed E-state index contributed by atoms with van der Waals surface area (Å²) in [6, 6.07) is 0. The molecule has 1 aromatic heterocycles. The molecule has 1 N–H and O–H groups in total. The molecule has 14 heavy (non-hydrogen) atoms. The van der Waals surface area contributed by atoms with Crippen LogP contribution in [-0.2, 0) is 13.1 Å². The largest absolute Gasteiger partial charge is 0.390 e. The molecule has 0 aliphatic carbocycles. The van der Waals surface area contributed by atoms with Gasteiger partial charge in [-0.05, 0) is 6.42 Å². The van der Waals surface area contributed by atoms with E-state index in [1.807, 2.05) is 12.5 Å². The normalized spacial score (nSPS) is 18.4. The van der Waals surface area contributed by atoms with Crippen molar-refractivity contribution in [1.82, 2.24) is 14.5 Å². The van der Waals surface area contributed by atoms with E-state index in [9.17, 15) is 0 Å². The van der Waals surface area contributed by atoms with Gasteiger partial charge in [0.2, 0.25) is 0 Å². The third-order valence-electron chi connectivity index (χ3n) is 2.59. The Morgan fingerprint density at radius 2 is 2.36 bits per heavy atom. The number of hydrogen-bond acceptors (Lipinski definition) is 3. The highest BCUT2D eigenvalue weighted by Gasteiger charge is 2.24. The molecule has 0 atom stereocenters. The summed E-state index contributed by atoms with van der Waals surface area (Å²) in [5.41, 5.74) is 1.25. The lowest BCUT2D eigenvalue weighted by molar-refractivity contribution is -0.00411. The predicted octanol–water partition coefficient (Wildman–Crippen LogP) is 0.470. The summed E-state index contributed by atoms with van der Waals surface area (Å²) in [6.45, 7) is 5.72. The molecule has 0 amide bonds. The number of nitrogens with zero attached hydrogens (tertiary/aromatic N) is 3. The first-order valence-electron chi connectivity index (χ1n) is 5.19. The van der Waals surface area contributed by atoms with E-state index < -0.39 is 0 Å². The fourth-order valence-corrected chi connectivity index (χ4v) is 1.82. The van der Waals surface area contributed by atoms with Crippen molar-refractivity contribution < 1.29 is 5.11 Å². The molecule has 2 rings (SSSR count). The molecular formula is C10H17N3O. The van der Waals surface area contributed by atoms with Crippen molar-refractivity contribution in [1.29, 1.82) is 0 Å². The maximum Gasteiger partial charge on any atom is 0.0948 e. The first-order chi connectivity index (χ1) is 6.79. The lowest BCUT2D eigenvalue weighted by atomic mass is 10.1. The first-order valence-corrected chi connectivity index (χ1v) is 5.19. The topological polar surface area (TPSA) is 41.3 Å². The van der Waals surface area contributed by atoms with Gasteiger partial charge in [-0.1, -0.05) is 6.92 Å². The zero-order valence-corrected chi connectivity index (χ0v) is 8.56. The molecule has 0 spiro atoms. The predicted molar refractivity (Wildman–Crippen MR) is 53.8 cm³/mol. The number of β-amino-alcohol motifs (C(OH)–C–C–N with tert-alkyl or cyclic N) is 1. The Balaban J connectivity index is 1.91. The number of rotatable bonds is 4. The van der Waals surface area contributed by atoms with E-state index in [1.54, 1.807) is 0 Å². The van der Waals surface area contributed by atoms with Crippen LogP contribution >= 0.6 is 0 Å². The number of aromatic nitrogens is 2. The van der Waals surface area contributed by atoms with Crippen molar-refractivity contribution in [3.05, 3.63) is 18.2 Å². The van der Waals surface area contributed by atoms with Gasteiger partial charge in [0.05, 0.1) is 18.1 Å². The molecule has 1 aromatic rings. The van der Waals surface area contributed by atoms with Crippen LogP contribution in [0.2, 0.25) is 0 Å². The molecule has 0 aromatic carbocycles. The van der Waals surface area contributed by atoms with Crippen molar-refractivity contribution in [2.45, 2.75) is 32.5 Å². The summed E-state index contributed by atoms with van der Waals surface area (Å²) >= 11 is 0. The minimum atomic E-state index is -0.113. The molecule has 0 saturated carbocycles. The number of aliphatic hydroxyl groups excluding tert-OH is 1. The summed E-state index contributed by atoms with van der Waals surface area (Å²) in [7, 11) is 0. The Morgan fingerprint density at radius 1 is 1.57 bits per heavy atom. The van der Waals surface area contributed by atoms with Crippen LogP contribution in [0.15, 0.2) is 12.5 Å². The van der Waals surface area contributed by atoms with Crippen molar-refractivity contribution in [2.24, 2.45) is 0 Å². The smallest absolute Gasteiger partial charge is 0.0948 e. The fraction of sp³-hybridized carbons (Fsp3) is 0.700. The van der Waals surface area contributed by atoms with Crippen LogP contribution in [0, 0.1) is 0 Å². The van der Waals surface area contributed by atoms with Gasteiger partial charge in [-0.2, -0.15) is 0 Å². The van der Waals surface area contributed by atoms with Gasteiger partial charge < -0.3 is 9.67 Å². The highest BCUT2D eigenvalue weighted by atomic mass is 16.3. The Morgan fingerprint density at radius 3 is 3.00 bits per heavy atom. The van der Waals surface area contributed by atoms with Gasteiger partial charge in [0, 0.05) is 32.4 Å². The summed E-state index contributed by atoms with van der Waals surface area (Å²) in [5.74, 6) is 0. The number of imidazole rings is 1. The maximum atomic E-state index is 9.16. The van der Waals surface area contributed by atoms with Crippen LogP contribution in [0.5, 0.6) is 0 Å². The van der Waals surface area contributed by atoms with Crippen LogP contribution in [0.25, 0.3) is 0 Å².